The number of benzene rings is 4. The van der Waals surface area contributed by atoms with E-state index in [2.05, 4.69) is 114 Å². The SMILES string of the molecule is Cc1c(-c2cc(-n3c4ccccc4c4ccccc43)c3ccccc3[n+]2C)oc2ccccc12. The van der Waals surface area contributed by atoms with Crippen molar-refractivity contribution in [3.8, 4) is 17.1 Å². The number of pyridine rings is 1. The van der Waals surface area contributed by atoms with Crippen LogP contribution in [0.3, 0.4) is 0 Å². The molecule has 0 aliphatic rings. The lowest BCUT2D eigenvalue weighted by Gasteiger charge is -2.12. The van der Waals surface area contributed by atoms with E-state index in [1.807, 2.05) is 12.1 Å². The predicted molar refractivity (Wildman–Crippen MR) is 139 cm³/mol. The summed E-state index contributed by atoms with van der Waals surface area (Å²) < 4.78 is 11.1. The Kier molecular flexibility index (Phi) is 3.97. The monoisotopic (exact) mass is 439 g/mol. The van der Waals surface area contributed by atoms with Crippen LogP contribution in [0.4, 0.5) is 0 Å². The minimum atomic E-state index is 0.913. The van der Waals surface area contributed by atoms with Gasteiger partial charge in [0, 0.05) is 33.9 Å². The quantitative estimate of drug-likeness (QED) is 0.256. The van der Waals surface area contributed by atoms with E-state index in [0.29, 0.717) is 0 Å². The predicted octanol–water partition coefficient (Wildman–Crippen LogP) is 7.48. The Bertz CT molecular complexity index is 1830. The fourth-order valence-corrected chi connectivity index (χ4v) is 5.42. The molecule has 3 heterocycles. The van der Waals surface area contributed by atoms with Crippen molar-refractivity contribution < 1.29 is 8.98 Å². The van der Waals surface area contributed by atoms with E-state index in [0.717, 1.165) is 39.2 Å². The van der Waals surface area contributed by atoms with Crippen molar-refractivity contribution in [1.82, 2.24) is 4.57 Å². The highest BCUT2D eigenvalue weighted by Gasteiger charge is 2.25. The summed E-state index contributed by atoms with van der Waals surface area (Å²) in [4.78, 5) is 0. The van der Waals surface area contributed by atoms with Crippen molar-refractivity contribution in [2.24, 2.45) is 7.05 Å². The summed E-state index contributed by atoms with van der Waals surface area (Å²) >= 11 is 0. The molecular formula is C31H23N2O+. The average molecular weight is 440 g/mol. The fraction of sp³-hybridized carbons (Fsp3) is 0.0645. The minimum Gasteiger partial charge on any atom is -0.449 e. The van der Waals surface area contributed by atoms with E-state index >= 15 is 0 Å². The molecule has 7 rings (SSSR count). The molecule has 3 aromatic heterocycles. The Labute approximate surface area is 197 Å². The molecule has 0 saturated carbocycles. The van der Waals surface area contributed by atoms with E-state index in [4.69, 9.17) is 4.42 Å². The van der Waals surface area contributed by atoms with Crippen LogP contribution in [0.1, 0.15) is 5.56 Å². The van der Waals surface area contributed by atoms with Crippen LogP contribution in [0.2, 0.25) is 0 Å². The molecule has 0 saturated heterocycles. The molecule has 7 aromatic rings. The normalized spacial score (nSPS) is 11.8. The second-order valence-electron chi connectivity index (χ2n) is 8.91. The summed E-state index contributed by atoms with van der Waals surface area (Å²) in [6, 6.07) is 36.5. The molecule has 3 nitrogen and oxygen atoms in total. The van der Waals surface area contributed by atoms with Crippen LogP contribution in [-0.2, 0) is 7.05 Å². The highest BCUT2D eigenvalue weighted by Crippen LogP contribution is 2.37. The number of hydrogen-bond donors (Lipinski definition) is 0. The van der Waals surface area contributed by atoms with Gasteiger partial charge in [-0.25, -0.2) is 0 Å². The highest BCUT2D eigenvalue weighted by molar-refractivity contribution is 6.10. The van der Waals surface area contributed by atoms with Crippen molar-refractivity contribution >= 4 is 43.7 Å². The third-order valence-corrected chi connectivity index (χ3v) is 7.07. The van der Waals surface area contributed by atoms with Crippen LogP contribution >= 0.6 is 0 Å². The second kappa shape index (κ2) is 7.06. The molecule has 0 unspecified atom stereocenters. The number of para-hydroxylation sites is 4. The van der Waals surface area contributed by atoms with Gasteiger partial charge < -0.3 is 8.98 Å². The molecule has 0 amide bonds. The first kappa shape index (κ1) is 19.1. The van der Waals surface area contributed by atoms with E-state index < -0.39 is 0 Å². The summed E-state index contributed by atoms with van der Waals surface area (Å²) in [7, 11) is 2.12. The Balaban J connectivity index is 1.65. The maximum Gasteiger partial charge on any atom is 0.250 e. The maximum atomic E-state index is 6.43. The largest absolute Gasteiger partial charge is 0.449 e. The fourth-order valence-electron chi connectivity index (χ4n) is 5.42. The van der Waals surface area contributed by atoms with E-state index in [1.165, 1.54) is 27.2 Å². The Morgan fingerprint density at radius 2 is 1.21 bits per heavy atom. The topological polar surface area (TPSA) is 21.9 Å². The molecule has 162 valence electrons. The van der Waals surface area contributed by atoms with E-state index in [1.54, 1.807) is 0 Å². The molecule has 0 spiro atoms. The number of fused-ring (bicyclic) bond motifs is 5. The summed E-state index contributed by atoms with van der Waals surface area (Å²) in [6.45, 7) is 2.15. The first-order valence-electron chi connectivity index (χ1n) is 11.6. The van der Waals surface area contributed by atoms with Crippen molar-refractivity contribution in [3.05, 3.63) is 109 Å². The van der Waals surface area contributed by atoms with Gasteiger partial charge in [0.15, 0.2) is 0 Å². The van der Waals surface area contributed by atoms with Crippen molar-refractivity contribution in [2.75, 3.05) is 0 Å². The average Bonchev–Trinajstić information content (AvgIpc) is 3.40. The van der Waals surface area contributed by atoms with Crippen LogP contribution in [-0.4, -0.2) is 4.57 Å². The summed E-state index contributed by atoms with van der Waals surface area (Å²) in [5.74, 6) is 0.913. The molecule has 0 aliphatic heterocycles. The molecule has 0 aliphatic carbocycles. The molecule has 4 aromatic carbocycles. The van der Waals surface area contributed by atoms with Gasteiger partial charge in [-0.15, -0.1) is 0 Å². The third kappa shape index (κ3) is 2.55. The van der Waals surface area contributed by atoms with Crippen molar-refractivity contribution in [1.29, 1.82) is 0 Å². The van der Waals surface area contributed by atoms with Gasteiger partial charge in [0.25, 0.3) is 5.69 Å². The summed E-state index contributed by atoms with van der Waals surface area (Å²) in [5, 5.41) is 4.88. The van der Waals surface area contributed by atoms with E-state index in [9.17, 15) is 0 Å². The summed E-state index contributed by atoms with van der Waals surface area (Å²) in [5.41, 5.74) is 7.86. The molecule has 0 bridgehead atoms. The lowest BCUT2D eigenvalue weighted by atomic mass is 10.1. The lowest BCUT2D eigenvalue weighted by molar-refractivity contribution is -0.634. The van der Waals surface area contributed by atoms with Gasteiger partial charge in [-0.05, 0) is 31.2 Å². The van der Waals surface area contributed by atoms with Crippen LogP contribution in [0.5, 0.6) is 0 Å². The van der Waals surface area contributed by atoms with Gasteiger partial charge in [-0.3, -0.25) is 0 Å². The minimum absolute atomic E-state index is 0.913. The highest BCUT2D eigenvalue weighted by atomic mass is 16.3. The lowest BCUT2D eigenvalue weighted by Crippen LogP contribution is -2.32. The van der Waals surface area contributed by atoms with Gasteiger partial charge in [0.2, 0.25) is 11.3 Å². The van der Waals surface area contributed by atoms with Gasteiger partial charge in [-0.2, -0.15) is 4.57 Å². The van der Waals surface area contributed by atoms with E-state index in [-0.39, 0.29) is 0 Å². The first-order chi connectivity index (χ1) is 16.7. The smallest absolute Gasteiger partial charge is 0.250 e. The number of aromatic nitrogens is 2. The number of aryl methyl sites for hydroxylation is 2. The zero-order chi connectivity index (χ0) is 22.8. The van der Waals surface area contributed by atoms with Crippen molar-refractivity contribution in [2.45, 2.75) is 6.92 Å². The number of nitrogens with zero attached hydrogens (tertiary/aromatic N) is 2. The van der Waals surface area contributed by atoms with Crippen LogP contribution in [0, 0.1) is 6.92 Å². The number of hydrogen-bond acceptors (Lipinski definition) is 1. The van der Waals surface area contributed by atoms with Gasteiger partial charge in [0.05, 0.1) is 22.1 Å². The first-order valence-corrected chi connectivity index (χ1v) is 11.6. The zero-order valence-corrected chi connectivity index (χ0v) is 19.1. The third-order valence-electron chi connectivity index (χ3n) is 7.07. The molecule has 34 heavy (non-hydrogen) atoms. The Morgan fingerprint density at radius 1 is 0.647 bits per heavy atom. The molecule has 0 N–H and O–H groups in total. The standard InChI is InChI=1S/C31H23N2O/c1-20-21-11-6-10-18-30(21)34-31(20)29-19-28(24-14-5-7-15-25(24)32(29)2)33-26-16-8-3-12-22(26)23-13-4-9-17-27(23)33/h3-19H,1-2H3/q+1. The number of furan rings is 1. The molecule has 0 fully saturated rings. The summed E-state index contributed by atoms with van der Waals surface area (Å²) in [6.07, 6.45) is 0. The van der Waals surface area contributed by atoms with Gasteiger partial charge >= 0.3 is 0 Å². The molecular weight excluding hydrogens is 416 g/mol. The van der Waals surface area contributed by atoms with Crippen LogP contribution in [0.25, 0.3) is 60.8 Å². The number of rotatable bonds is 2. The van der Waals surface area contributed by atoms with Gasteiger partial charge in [-0.1, -0.05) is 66.7 Å². The molecule has 3 heteroatoms. The Morgan fingerprint density at radius 3 is 1.88 bits per heavy atom. The second-order valence-corrected chi connectivity index (χ2v) is 8.91. The van der Waals surface area contributed by atoms with Crippen LogP contribution in [0.15, 0.2) is 108 Å². The Hall–Kier alpha value is -4.37. The van der Waals surface area contributed by atoms with Crippen LogP contribution < -0.4 is 4.57 Å². The van der Waals surface area contributed by atoms with Crippen molar-refractivity contribution in [3.63, 3.8) is 0 Å². The molecule has 0 radical (unpaired) electrons. The maximum absolute atomic E-state index is 6.43. The van der Waals surface area contributed by atoms with Gasteiger partial charge in [0.1, 0.15) is 12.6 Å². The zero-order valence-electron chi connectivity index (χ0n) is 19.1. The molecule has 0 atom stereocenters.